The summed E-state index contributed by atoms with van der Waals surface area (Å²) in [7, 11) is 1.73. The largest absolute Gasteiger partial charge is 0.481 e. The number of carboxylic acids is 1. The average Bonchev–Trinajstić information content (AvgIpc) is 3.68. The Bertz CT molecular complexity index is 1470. The number of carboxylic acid groups (broad SMARTS) is 1. The number of rotatable bonds is 8. The van der Waals surface area contributed by atoms with Gasteiger partial charge in [0.25, 0.3) is 0 Å². The summed E-state index contributed by atoms with van der Waals surface area (Å²) < 4.78 is 7.12. The van der Waals surface area contributed by atoms with Gasteiger partial charge in [-0.05, 0) is 59.2 Å². The number of nitrogens with one attached hydrogen (secondary N) is 1. The minimum Gasteiger partial charge on any atom is -0.481 e. The molecular formula is C30H29N3O5. The molecule has 5 rings (SSSR count). The normalized spacial score (nSPS) is 14.5. The Morgan fingerprint density at radius 2 is 1.71 bits per heavy atom. The van der Waals surface area contributed by atoms with Crippen LogP contribution in [0.2, 0.25) is 0 Å². The molecule has 1 aliphatic carbocycles. The van der Waals surface area contributed by atoms with Crippen molar-refractivity contribution in [1.29, 1.82) is 0 Å². The molecule has 8 nitrogen and oxygen atoms in total. The van der Waals surface area contributed by atoms with Crippen LogP contribution in [-0.4, -0.2) is 32.1 Å². The Balaban J connectivity index is 1.37. The third kappa shape index (κ3) is 4.78. The fourth-order valence-electron chi connectivity index (χ4n) is 4.77. The van der Waals surface area contributed by atoms with Crippen LogP contribution in [0.5, 0.6) is 0 Å². The first-order chi connectivity index (χ1) is 18.3. The third-order valence-corrected chi connectivity index (χ3v) is 7.21. The maximum atomic E-state index is 12.7. The molecule has 0 radical (unpaired) electrons. The zero-order valence-corrected chi connectivity index (χ0v) is 21.2. The number of aromatic nitrogens is 2. The molecule has 0 aliphatic heterocycles. The lowest BCUT2D eigenvalue weighted by Gasteiger charge is -2.16. The van der Waals surface area contributed by atoms with Crippen LogP contribution in [0, 0.1) is 0 Å². The van der Waals surface area contributed by atoms with Gasteiger partial charge in [-0.15, -0.1) is 0 Å². The number of aliphatic hydroxyl groups is 1. The first-order valence-corrected chi connectivity index (χ1v) is 12.5. The van der Waals surface area contributed by atoms with E-state index in [0.29, 0.717) is 29.8 Å². The van der Waals surface area contributed by atoms with Crippen LogP contribution in [0.4, 0.5) is 10.6 Å². The number of aliphatic hydroxyl groups excluding tert-OH is 1. The second-order valence-corrected chi connectivity index (χ2v) is 9.61. The number of anilines is 1. The Morgan fingerprint density at radius 3 is 2.34 bits per heavy atom. The van der Waals surface area contributed by atoms with Crippen molar-refractivity contribution in [2.75, 3.05) is 5.32 Å². The van der Waals surface area contributed by atoms with Crippen molar-refractivity contribution in [2.45, 2.75) is 37.9 Å². The second kappa shape index (κ2) is 10.1. The van der Waals surface area contributed by atoms with Crippen molar-refractivity contribution in [3.63, 3.8) is 0 Å². The highest BCUT2D eigenvalue weighted by Crippen LogP contribution is 2.48. The van der Waals surface area contributed by atoms with Crippen molar-refractivity contribution in [1.82, 2.24) is 9.78 Å². The van der Waals surface area contributed by atoms with Crippen molar-refractivity contribution in [3.8, 4) is 22.3 Å². The number of hydrogen-bond acceptors (Lipinski definition) is 5. The molecule has 3 N–H and O–H groups in total. The smallest absolute Gasteiger partial charge is 0.413 e. The highest BCUT2D eigenvalue weighted by molar-refractivity contribution is 5.90. The molecule has 1 atom stereocenters. The molecule has 0 spiro atoms. The molecular weight excluding hydrogens is 482 g/mol. The zero-order chi connectivity index (χ0) is 26.9. The van der Waals surface area contributed by atoms with Gasteiger partial charge in [-0.1, -0.05) is 66.7 Å². The van der Waals surface area contributed by atoms with E-state index in [9.17, 15) is 19.8 Å². The predicted molar refractivity (Wildman–Crippen MR) is 144 cm³/mol. The summed E-state index contributed by atoms with van der Waals surface area (Å²) in [5.74, 6) is -0.315. The fraction of sp³-hybridized carbons (Fsp3) is 0.233. The zero-order valence-electron chi connectivity index (χ0n) is 21.2. The molecule has 1 fully saturated rings. The molecule has 3 aromatic carbocycles. The Morgan fingerprint density at radius 1 is 1.03 bits per heavy atom. The standard InChI is InChI=1S/C30H29N3O5/c1-19(20-6-4-3-5-7-20)38-29(37)32-27-26(17-31-33(27)2)22-10-13-25(23(16-22)18-34)21-8-11-24(12-9-21)30(14-15-30)28(35)36/h3-13,16-17,19,34H,14-15,18H2,1-2H3,(H,32,37)(H,35,36). The van der Waals surface area contributed by atoms with E-state index in [2.05, 4.69) is 10.4 Å². The molecule has 1 aromatic heterocycles. The molecule has 0 saturated heterocycles. The van der Waals surface area contributed by atoms with Gasteiger partial charge in [-0.25, -0.2) is 4.79 Å². The number of aliphatic carboxylic acids is 1. The van der Waals surface area contributed by atoms with Crippen LogP contribution in [0.3, 0.4) is 0 Å². The van der Waals surface area contributed by atoms with Gasteiger partial charge in [0.2, 0.25) is 0 Å². The lowest BCUT2D eigenvalue weighted by atomic mass is 9.91. The Hall–Kier alpha value is -4.43. The van der Waals surface area contributed by atoms with Crippen molar-refractivity contribution < 1.29 is 24.5 Å². The van der Waals surface area contributed by atoms with E-state index in [1.54, 1.807) is 17.9 Å². The van der Waals surface area contributed by atoms with Gasteiger partial charge in [0.1, 0.15) is 11.9 Å². The van der Waals surface area contributed by atoms with Crippen molar-refractivity contribution in [2.24, 2.45) is 7.05 Å². The number of hydrogen-bond donors (Lipinski definition) is 3. The van der Waals surface area contributed by atoms with Gasteiger partial charge in [0.05, 0.1) is 18.2 Å². The van der Waals surface area contributed by atoms with E-state index < -0.39 is 23.6 Å². The monoisotopic (exact) mass is 511 g/mol. The van der Waals surface area contributed by atoms with Crippen LogP contribution >= 0.6 is 0 Å². The van der Waals surface area contributed by atoms with Crippen LogP contribution in [-0.2, 0) is 28.6 Å². The summed E-state index contributed by atoms with van der Waals surface area (Å²) in [4.78, 5) is 24.3. The molecule has 1 amide bonds. The highest BCUT2D eigenvalue weighted by atomic mass is 16.6. The average molecular weight is 512 g/mol. The second-order valence-electron chi connectivity index (χ2n) is 9.61. The van der Waals surface area contributed by atoms with Crippen molar-refractivity contribution >= 4 is 17.9 Å². The van der Waals surface area contributed by atoms with Gasteiger partial charge in [0.15, 0.2) is 0 Å². The highest BCUT2D eigenvalue weighted by Gasteiger charge is 2.51. The van der Waals surface area contributed by atoms with Gasteiger partial charge in [-0.3, -0.25) is 14.8 Å². The first-order valence-electron chi connectivity index (χ1n) is 12.5. The Kier molecular flexibility index (Phi) is 6.73. The molecule has 0 bridgehead atoms. The van der Waals surface area contributed by atoms with Gasteiger partial charge >= 0.3 is 12.1 Å². The molecule has 8 heteroatoms. The van der Waals surface area contributed by atoms with E-state index in [4.69, 9.17) is 4.74 Å². The predicted octanol–water partition coefficient (Wildman–Crippen LogP) is 5.67. The number of carbonyl (C=O) groups excluding carboxylic acids is 1. The lowest BCUT2D eigenvalue weighted by Crippen LogP contribution is -2.19. The number of amides is 1. The molecule has 38 heavy (non-hydrogen) atoms. The van der Waals surface area contributed by atoms with Crippen LogP contribution in [0.1, 0.15) is 42.6 Å². The SMILES string of the molecule is CC(OC(=O)Nc1c(-c2ccc(-c3ccc(C4(C(=O)O)CC4)cc3)c(CO)c2)cnn1C)c1ccccc1. The van der Waals surface area contributed by atoms with Gasteiger partial charge in [0, 0.05) is 12.6 Å². The Labute approximate surface area is 220 Å². The van der Waals surface area contributed by atoms with E-state index in [0.717, 1.165) is 27.8 Å². The topological polar surface area (TPSA) is 114 Å². The molecule has 1 saturated carbocycles. The molecule has 1 unspecified atom stereocenters. The summed E-state index contributed by atoms with van der Waals surface area (Å²) in [6.07, 6.45) is 1.93. The van der Waals surface area contributed by atoms with E-state index in [1.807, 2.05) is 79.7 Å². The summed E-state index contributed by atoms with van der Waals surface area (Å²) >= 11 is 0. The molecule has 4 aromatic rings. The number of ether oxygens (including phenoxy) is 1. The van der Waals surface area contributed by atoms with E-state index in [-0.39, 0.29) is 6.61 Å². The quantitative estimate of drug-likeness (QED) is 0.281. The van der Waals surface area contributed by atoms with Gasteiger partial charge < -0.3 is 14.9 Å². The first kappa shape index (κ1) is 25.2. The third-order valence-electron chi connectivity index (χ3n) is 7.21. The van der Waals surface area contributed by atoms with Crippen LogP contribution in [0.15, 0.2) is 79.0 Å². The van der Waals surface area contributed by atoms with Crippen molar-refractivity contribution in [3.05, 3.63) is 95.7 Å². The lowest BCUT2D eigenvalue weighted by molar-refractivity contribution is -0.140. The molecule has 1 aliphatic rings. The summed E-state index contributed by atoms with van der Waals surface area (Å²) in [5.41, 5.74) is 4.82. The minimum absolute atomic E-state index is 0.191. The molecule has 1 heterocycles. The minimum atomic E-state index is -0.787. The number of nitrogens with zero attached hydrogens (tertiary/aromatic N) is 2. The van der Waals surface area contributed by atoms with E-state index >= 15 is 0 Å². The van der Waals surface area contributed by atoms with Gasteiger partial charge in [-0.2, -0.15) is 5.10 Å². The number of aryl methyl sites for hydroxylation is 1. The van der Waals surface area contributed by atoms with E-state index in [1.165, 1.54) is 0 Å². The summed E-state index contributed by atoms with van der Waals surface area (Å²) in [6, 6.07) is 22.7. The number of carbonyl (C=O) groups is 2. The van der Waals surface area contributed by atoms with Crippen LogP contribution < -0.4 is 5.32 Å². The molecule has 194 valence electrons. The summed E-state index contributed by atoms with van der Waals surface area (Å²) in [6.45, 7) is 1.62. The summed E-state index contributed by atoms with van der Waals surface area (Å²) in [5, 5.41) is 26.8. The maximum absolute atomic E-state index is 12.7. The number of benzene rings is 3. The van der Waals surface area contributed by atoms with Crippen LogP contribution in [0.25, 0.3) is 22.3 Å². The fourth-order valence-corrected chi connectivity index (χ4v) is 4.77. The maximum Gasteiger partial charge on any atom is 0.413 e.